The predicted octanol–water partition coefficient (Wildman–Crippen LogP) is 4.46. The topological polar surface area (TPSA) is 41.1 Å². The van der Waals surface area contributed by atoms with Crippen LogP contribution in [0.1, 0.15) is 37.8 Å². The van der Waals surface area contributed by atoms with Crippen LogP contribution < -0.4 is 10.2 Å². The van der Waals surface area contributed by atoms with E-state index in [0.29, 0.717) is 5.95 Å². The van der Waals surface area contributed by atoms with E-state index >= 15 is 0 Å². The van der Waals surface area contributed by atoms with Gasteiger partial charge in [-0.25, -0.2) is 4.98 Å². The largest absolute Gasteiger partial charge is 0.356 e. The number of nitrogens with zero attached hydrogens (tertiary/aromatic N) is 3. The zero-order chi connectivity index (χ0) is 15.9. The molecular formula is C18H26N4. The van der Waals surface area contributed by atoms with Crippen LogP contribution in [0.3, 0.4) is 0 Å². The van der Waals surface area contributed by atoms with E-state index in [1.165, 1.54) is 11.1 Å². The van der Waals surface area contributed by atoms with Crippen molar-refractivity contribution in [2.24, 2.45) is 0 Å². The molecule has 0 aliphatic carbocycles. The van der Waals surface area contributed by atoms with Gasteiger partial charge in [-0.2, -0.15) is 4.98 Å². The number of anilines is 3. The highest BCUT2D eigenvalue weighted by molar-refractivity contribution is 5.61. The molecule has 0 saturated carbocycles. The van der Waals surface area contributed by atoms with Gasteiger partial charge in [-0.1, -0.05) is 26.0 Å². The highest BCUT2D eigenvalue weighted by atomic mass is 15.2. The maximum atomic E-state index is 4.68. The summed E-state index contributed by atoms with van der Waals surface area (Å²) in [5.41, 5.74) is 3.56. The minimum atomic E-state index is 0.656. The van der Waals surface area contributed by atoms with E-state index in [-0.39, 0.29) is 0 Å². The Kier molecular flexibility index (Phi) is 5.75. The maximum absolute atomic E-state index is 4.68. The van der Waals surface area contributed by atoms with Crippen LogP contribution in [0.15, 0.2) is 30.5 Å². The molecule has 2 aromatic rings. The third kappa shape index (κ3) is 3.97. The average molecular weight is 298 g/mol. The summed E-state index contributed by atoms with van der Waals surface area (Å²) in [6.07, 6.45) is 4.06. The summed E-state index contributed by atoms with van der Waals surface area (Å²) in [5.74, 6) is 1.65. The summed E-state index contributed by atoms with van der Waals surface area (Å²) >= 11 is 0. The second kappa shape index (κ2) is 7.78. The van der Waals surface area contributed by atoms with Crippen molar-refractivity contribution in [3.05, 3.63) is 41.6 Å². The Morgan fingerprint density at radius 1 is 1.05 bits per heavy atom. The smallest absolute Gasteiger partial charge is 0.229 e. The van der Waals surface area contributed by atoms with Gasteiger partial charge in [-0.05, 0) is 49.9 Å². The quantitative estimate of drug-likeness (QED) is 0.819. The first-order valence-electron chi connectivity index (χ1n) is 8.07. The molecule has 118 valence electrons. The molecular weight excluding hydrogens is 272 g/mol. The summed E-state index contributed by atoms with van der Waals surface area (Å²) in [7, 11) is 0. The van der Waals surface area contributed by atoms with Crippen LogP contribution in [-0.2, 0) is 0 Å². The lowest BCUT2D eigenvalue weighted by molar-refractivity contribution is 0.733. The molecule has 0 spiro atoms. The molecule has 1 heterocycles. The normalized spacial score (nSPS) is 10.5. The van der Waals surface area contributed by atoms with Crippen molar-refractivity contribution in [1.29, 1.82) is 0 Å². The molecule has 22 heavy (non-hydrogen) atoms. The van der Waals surface area contributed by atoms with Gasteiger partial charge in [0.2, 0.25) is 5.95 Å². The lowest BCUT2D eigenvalue weighted by Gasteiger charge is -2.22. The molecule has 1 aromatic carbocycles. The Labute approximate surface area is 133 Å². The third-order valence-electron chi connectivity index (χ3n) is 3.80. The van der Waals surface area contributed by atoms with E-state index in [0.717, 1.165) is 37.4 Å². The van der Waals surface area contributed by atoms with Gasteiger partial charge in [0.05, 0.1) is 0 Å². The van der Waals surface area contributed by atoms with Gasteiger partial charge in [0.15, 0.2) is 0 Å². The molecule has 4 heteroatoms. The van der Waals surface area contributed by atoms with Gasteiger partial charge in [0.25, 0.3) is 0 Å². The molecule has 0 bridgehead atoms. The lowest BCUT2D eigenvalue weighted by atomic mass is 10.1. The second-order valence-corrected chi connectivity index (χ2v) is 5.60. The number of rotatable bonds is 7. The van der Waals surface area contributed by atoms with Crippen LogP contribution in [0.4, 0.5) is 17.5 Å². The zero-order valence-corrected chi connectivity index (χ0v) is 14.1. The molecule has 0 aliphatic heterocycles. The molecule has 1 aromatic heterocycles. The van der Waals surface area contributed by atoms with Crippen LogP contribution in [0.25, 0.3) is 0 Å². The number of nitrogens with one attached hydrogen (secondary N) is 1. The summed E-state index contributed by atoms with van der Waals surface area (Å²) in [4.78, 5) is 11.4. The number of aromatic nitrogens is 2. The van der Waals surface area contributed by atoms with Gasteiger partial charge in [-0.3, -0.25) is 0 Å². The highest BCUT2D eigenvalue weighted by Gasteiger charge is 2.08. The van der Waals surface area contributed by atoms with Crippen molar-refractivity contribution in [3.63, 3.8) is 0 Å². The summed E-state index contributed by atoms with van der Waals surface area (Å²) < 4.78 is 0. The van der Waals surface area contributed by atoms with Crippen molar-refractivity contribution >= 4 is 17.5 Å². The molecule has 0 radical (unpaired) electrons. The fourth-order valence-corrected chi connectivity index (χ4v) is 2.47. The average Bonchev–Trinajstić information content (AvgIpc) is 2.52. The van der Waals surface area contributed by atoms with Gasteiger partial charge >= 0.3 is 0 Å². The SMILES string of the molecule is CCCN(CCC)c1ccnc(Nc2cccc(C)c2C)n1. The van der Waals surface area contributed by atoms with E-state index in [1.54, 1.807) is 0 Å². The molecule has 0 unspecified atom stereocenters. The maximum Gasteiger partial charge on any atom is 0.229 e. The van der Waals surface area contributed by atoms with Crippen LogP contribution in [-0.4, -0.2) is 23.1 Å². The first-order valence-corrected chi connectivity index (χ1v) is 8.07. The standard InChI is InChI=1S/C18H26N4/c1-5-12-22(13-6-2)17-10-11-19-18(21-17)20-16-9-7-8-14(3)15(16)4/h7-11H,5-6,12-13H2,1-4H3,(H,19,20,21). The van der Waals surface area contributed by atoms with Gasteiger partial charge < -0.3 is 10.2 Å². The predicted molar refractivity (Wildman–Crippen MR) is 94.0 cm³/mol. The number of hydrogen-bond acceptors (Lipinski definition) is 4. The van der Waals surface area contributed by atoms with E-state index in [9.17, 15) is 0 Å². The summed E-state index contributed by atoms with van der Waals surface area (Å²) in [6, 6.07) is 8.21. The molecule has 4 nitrogen and oxygen atoms in total. The Hall–Kier alpha value is -2.10. The molecule has 2 rings (SSSR count). The van der Waals surface area contributed by atoms with Crippen molar-refractivity contribution in [2.75, 3.05) is 23.3 Å². The molecule has 0 aliphatic rings. The third-order valence-corrected chi connectivity index (χ3v) is 3.80. The molecule has 0 saturated heterocycles. The minimum absolute atomic E-state index is 0.656. The first kappa shape index (κ1) is 16.3. The molecule has 0 atom stereocenters. The molecule has 0 fully saturated rings. The Morgan fingerprint density at radius 3 is 2.45 bits per heavy atom. The Morgan fingerprint density at radius 2 is 1.77 bits per heavy atom. The van der Waals surface area contributed by atoms with Crippen LogP contribution in [0.2, 0.25) is 0 Å². The molecule has 0 amide bonds. The summed E-state index contributed by atoms with van der Waals surface area (Å²) in [5, 5.41) is 3.34. The van der Waals surface area contributed by atoms with E-state index in [1.807, 2.05) is 12.3 Å². The Bertz CT molecular complexity index is 604. The number of hydrogen-bond donors (Lipinski definition) is 1. The van der Waals surface area contributed by atoms with E-state index in [4.69, 9.17) is 0 Å². The van der Waals surface area contributed by atoms with E-state index < -0.39 is 0 Å². The van der Waals surface area contributed by atoms with E-state index in [2.05, 4.69) is 66.1 Å². The second-order valence-electron chi connectivity index (χ2n) is 5.60. The highest BCUT2D eigenvalue weighted by Crippen LogP contribution is 2.22. The fourth-order valence-electron chi connectivity index (χ4n) is 2.47. The zero-order valence-electron chi connectivity index (χ0n) is 14.1. The van der Waals surface area contributed by atoms with Crippen molar-refractivity contribution in [3.8, 4) is 0 Å². The summed E-state index contributed by atoms with van der Waals surface area (Å²) in [6.45, 7) is 10.7. The number of aryl methyl sites for hydroxylation is 1. The molecule has 1 N–H and O–H groups in total. The minimum Gasteiger partial charge on any atom is -0.356 e. The van der Waals surface area contributed by atoms with Crippen LogP contribution >= 0.6 is 0 Å². The Balaban J connectivity index is 2.22. The van der Waals surface area contributed by atoms with Crippen molar-refractivity contribution in [1.82, 2.24) is 9.97 Å². The van der Waals surface area contributed by atoms with Gasteiger partial charge in [0.1, 0.15) is 5.82 Å². The van der Waals surface area contributed by atoms with Gasteiger partial charge in [-0.15, -0.1) is 0 Å². The van der Waals surface area contributed by atoms with Crippen LogP contribution in [0, 0.1) is 13.8 Å². The number of benzene rings is 1. The fraction of sp³-hybridized carbons (Fsp3) is 0.444. The van der Waals surface area contributed by atoms with Crippen molar-refractivity contribution in [2.45, 2.75) is 40.5 Å². The first-order chi connectivity index (χ1) is 10.7. The van der Waals surface area contributed by atoms with Crippen LogP contribution in [0.5, 0.6) is 0 Å². The monoisotopic (exact) mass is 298 g/mol. The van der Waals surface area contributed by atoms with Gasteiger partial charge in [0, 0.05) is 25.0 Å². The van der Waals surface area contributed by atoms with Crippen molar-refractivity contribution < 1.29 is 0 Å². The lowest BCUT2D eigenvalue weighted by Crippen LogP contribution is -2.26.